The summed E-state index contributed by atoms with van der Waals surface area (Å²) in [4.78, 5) is 16.9. The number of piperidine rings is 1. The number of hydrogen-bond donors (Lipinski definition) is 1. The van der Waals surface area contributed by atoms with E-state index in [1.54, 1.807) is 0 Å². The van der Waals surface area contributed by atoms with Crippen molar-refractivity contribution in [3.63, 3.8) is 0 Å². The van der Waals surface area contributed by atoms with Crippen molar-refractivity contribution in [2.75, 3.05) is 46.4 Å². The van der Waals surface area contributed by atoms with Crippen LogP contribution in [0, 0.1) is 5.92 Å². The van der Waals surface area contributed by atoms with Crippen LogP contribution in [-0.2, 0) is 4.74 Å². The van der Waals surface area contributed by atoms with Gasteiger partial charge in [-0.15, -0.1) is 0 Å². The lowest BCUT2D eigenvalue weighted by Gasteiger charge is -2.38. The third kappa shape index (κ3) is 4.35. The first-order valence-corrected chi connectivity index (χ1v) is 8.01. The van der Waals surface area contributed by atoms with Crippen LogP contribution in [0.5, 0.6) is 0 Å². The van der Waals surface area contributed by atoms with Gasteiger partial charge in [-0.3, -0.25) is 0 Å². The molecule has 0 radical (unpaired) electrons. The summed E-state index contributed by atoms with van der Waals surface area (Å²) in [6.07, 6.45) is 4.25. The maximum Gasteiger partial charge on any atom is 0.317 e. The maximum absolute atomic E-state index is 12.4. The van der Waals surface area contributed by atoms with Gasteiger partial charge in [-0.05, 0) is 45.8 Å². The van der Waals surface area contributed by atoms with Crippen LogP contribution < -0.4 is 5.32 Å². The molecule has 2 fully saturated rings. The average molecular weight is 283 g/mol. The average Bonchev–Trinajstić information content (AvgIpc) is 2.96. The second kappa shape index (κ2) is 7.84. The highest BCUT2D eigenvalue weighted by atomic mass is 16.5. The van der Waals surface area contributed by atoms with E-state index < -0.39 is 0 Å². The van der Waals surface area contributed by atoms with Gasteiger partial charge < -0.3 is 19.9 Å². The Morgan fingerprint density at radius 2 is 2.10 bits per heavy atom. The molecule has 20 heavy (non-hydrogen) atoms. The van der Waals surface area contributed by atoms with Crippen molar-refractivity contribution < 1.29 is 9.53 Å². The normalized spacial score (nSPS) is 24.8. The number of nitrogens with zero attached hydrogens (tertiary/aromatic N) is 2. The van der Waals surface area contributed by atoms with Crippen LogP contribution >= 0.6 is 0 Å². The molecule has 1 atom stereocenters. The van der Waals surface area contributed by atoms with Gasteiger partial charge >= 0.3 is 6.03 Å². The number of nitrogens with one attached hydrogen (secondary N) is 1. The first kappa shape index (κ1) is 15.6. The Morgan fingerprint density at radius 3 is 2.70 bits per heavy atom. The van der Waals surface area contributed by atoms with Crippen molar-refractivity contribution in [1.82, 2.24) is 15.1 Å². The first-order valence-electron chi connectivity index (χ1n) is 8.01. The van der Waals surface area contributed by atoms with E-state index in [1.807, 2.05) is 0 Å². The molecule has 0 saturated carbocycles. The van der Waals surface area contributed by atoms with Gasteiger partial charge in [0.15, 0.2) is 0 Å². The van der Waals surface area contributed by atoms with Crippen LogP contribution in [0.25, 0.3) is 0 Å². The van der Waals surface area contributed by atoms with Crippen LogP contribution in [-0.4, -0.2) is 68.3 Å². The molecule has 0 spiro atoms. The van der Waals surface area contributed by atoms with E-state index in [0.29, 0.717) is 12.0 Å². The van der Waals surface area contributed by atoms with Crippen molar-refractivity contribution in [2.45, 2.75) is 38.6 Å². The summed E-state index contributed by atoms with van der Waals surface area (Å²) in [7, 11) is 2.16. The number of hydrogen-bond acceptors (Lipinski definition) is 3. The van der Waals surface area contributed by atoms with Gasteiger partial charge in [0.05, 0.1) is 6.61 Å². The molecule has 5 nitrogen and oxygen atoms in total. The lowest BCUT2D eigenvalue weighted by Crippen LogP contribution is -2.52. The van der Waals surface area contributed by atoms with Gasteiger partial charge in [0.2, 0.25) is 0 Å². The van der Waals surface area contributed by atoms with E-state index >= 15 is 0 Å². The Hall–Kier alpha value is -0.810. The molecular weight excluding hydrogens is 254 g/mol. The minimum atomic E-state index is 0.119. The summed E-state index contributed by atoms with van der Waals surface area (Å²) >= 11 is 0. The van der Waals surface area contributed by atoms with Crippen molar-refractivity contribution >= 4 is 6.03 Å². The Labute approximate surface area is 122 Å². The van der Waals surface area contributed by atoms with Crippen LogP contribution in [0.4, 0.5) is 4.79 Å². The third-order valence-electron chi connectivity index (χ3n) is 4.39. The smallest absolute Gasteiger partial charge is 0.317 e. The highest BCUT2D eigenvalue weighted by Crippen LogP contribution is 2.20. The summed E-state index contributed by atoms with van der Waals surface area (Å²) in [5.74, 6) is 0.516. The van der Waals surface area contributed by atoms with E-state index in [1.165, 1.54) is 0 Å². The van der Waals surface area contributed by atoms with Gasteiger partial charge in [0.1, 0.15) is 0 Å². The zero-order chi connectivity index (χ0) is 14.4. The molecule has 116 valence electrons. The van der Waals surface area contributed by atoms with Gasteiger partial charge in [-0.2, -0.15) is 0 Å². The maximum atomic E-state index is 12.4. The molecule has 2 rings (SSSR count). The second-order valence-corrected chi connectivity index (χ2v) is 6.15. The number of carbonyl (C=O) groups is 1. The predicted octanol–water partition coefficient (Wildman–Crippen LogP) is 1.54. The van der Waals surface area contributed by atoms with E-state index in [9.17, 15) is 4.79 Å². The Kier molecular flexibility index (Phi) is 6.10. The van der Waals surface area contributed by atoms with Gasteiger partial charge in [0, 0.05) is 31.7 Å². The molecule has 2 amide bonds. The predicted molar refractivity (Wildman–Crippen MR) is 79.8 cm³/mol. The molecule has 0 aromatic rings. The lowest BCUT2D eigenvalue weighted by molar-refractivity contribution is 0.114. The molecule has 0 aromatic carbocycles. The Balaban J connectivity index is 1.92. The third-order valence-corrected chi connectivity index (χ3v) is 4.39. The Morgan fingerprint density at radius 1 is 1.35 bits per heavy atom. The van der Waals surface area contributed by atoms with E-state index in [2.05, 4.69) is 29.1 Å². The highest BCUT2D eigenvalue weighted by Gasteiger charge is 2.30. The molecule has 2 saturated heterocycles. The van der Waals surface area contributed by atoms with Crippen LogP contribution in [0.15, 0.2) is 0 Å². The number of rotatable bonds is 5. The number of likely N-dealkylation sites (tertiary alicyclic amines) is 1. The SMILES string of the molecule is CCCNC(=O)N(CC1CCOC1)C1CCN(C)CC1. The zero-order valence-corrected chi connectivity index (χ0v) is 12.9. The molecule has 5 heteroatoms. The minimum Gasteiger partial charge on any atom is -0.381 e. The van der Waals surface area contributed by atoms with E-state index in [-0.39, 0.29) is 6.03 Å². The van der Waals surface area contributed by atoms with Crippen LogP contribution in [0.1, 0.15) is 32.6 Å². The number of ether oxygens (including phenoxy) is 1. The summed E-state index contributed by atoms with van der Waals surface area (Å²) in [6, 6.07) is 0.511. The van der Waals surface area contributed by atoms with Crippen LogP contribution in [0.3, 0.4) is 0 Å². The van der Waals surface area contributed by atoms with E-state index in [4.69, 9.17) is 4.74 Å². The summed E-state index contributed by atoms with van der Waals surface area (Å²) in [6.45, 7) is 7.54. The fraction of sp³-hybridized carbons (Fsp3) is 0.933. The van der Waals surface area contributed by atoms with Gasteiger partial charge in [0.25, 0.3) is 0 Å². The molecule has 1 unspecified atom stereocenters. The topological polar surface area (TPSA) is 44.8 Å². The largest absolute Gasteiger partial charge is 0.381 e. The quantitative estimate of drug-likeness (QED) is 0.832. The molecule has 0 aliphatic carbocycles. The zero-order valence-electron chi connectivity index (χ0n) is 12.9. The van der Waals surface area contributed by atoms with Crippen molar-refractivity contribution in [2.24, 2.45) is 5.92 Å². The van der Waals surface area contributed by atoms with Crippen molar-refractivity contribution in [1.29, 1.82) is 0 Å². The first-order chi connectivity index (χ1) is 9.70. The van der Waals surface area contributed by atoms with Crippen molar-refractivity contribution in [3.05, 3.63) is 0 Å². The molecule has 0 bridgehead atoms. The number of carbonyl (C=O) groups excluding carboxylic acids is 1. The highest BCUT2D eigenvalue weighted by molar-refractivity contribution is 5.74. The number of urea groups is 1. The second-order valence-electron chi connectivity index (χ2n) is 6.15. The fourth-order valence-corrected chi connectivity index (χ4v) is 3.04. The fourth-order valence-electron chi connectivity index (χ4n) is 3.04. The molecule has 2 aliphatic heterocycles. The molecular formula is C15H29N3O2. The standard InChI is InChI=1S/C15H29N3O2/c1-3-7-16-15(19)18(11-13-6-10-20-12-13)14-4-8-17(2)9-5-14/h13-14H,3-12H2,1-2H3,(H,16,19). The minimum absolute atomic E-state index is 0.119. The molecule has 1 N–H and O–H groups in total. The van der Waals surface area contributed by atoms with Crippen LogP contribution in [0.2, 0.25) is 0 Å². The Bertz CT molecular complexity index is 297. The van der Waals surface area contributed by atoms with Crippen molar-refractivity contribution in [3.8, 4) is 0 Å². The lowest BCUT2D eigenvalue weighted by atomic mass is 10.0. The summed E-state index contributed by atoms with van der Waals surface area (Å²) in [5, 5.41) is 3.05. The molecule has 2 heterocycles. The van der Waals surface area contributed by atoms with Gasteiger partial charge in [-0.25, -0.2) is 4.79 Å². The summed E-state index contributed by atoms with van der Waals surface area (Å²) in [5.41, 5.74) is 0. The monoisotopic (exact) mass is 283 g/mol. The van der Waals surface area contributed by atoms with Gasteiger partial charge in [-0.1, -0.05) is 6.92 Å². The number of amides is 2. The summed E-state index contributed by atoms with van der Waals surface area (Å²) < 4.78 is 5.46. The van der Waals surface area contributed by atoms with E-state index in [0.717, 1.165) is 65.1 Å². The molecule has 2 aliphatic rings. The molecule has 0 aromatic heterocycles.